The van der Waals surface area contributed by atoms with Crippen molar-refractivity contribution in [3.8, 4) is 0 Å². The Kier molecular flexibility index (Phi) is 3.64. The number of nitrogens with one attached hydrogen (secondary N) is 1. The van der Waals surface area contributed by atoms with E-state index in [-0.39, 0.29) is 11.6 Å². The molecule has 0 unspecified atom stereocenters. The molecule has 1 aromatic heterocycles. The first-order chi connectivity index (χ1) is 8.92. The van der Waals surface area contributed by atoms with Crippen LogP contribution in [0.2, 0.25) is 0 Å². The zero-order chi connectivity index (χ0) is 14.0. The van der Waals surface area contributed by atoms with Gasteiger partial charge < -0.3 is 10.2 Å². The van der Waals surface area contributed by atoms with Crippen molar-refractivity contribution in [1.82, 2.24) is 0 Å². The minimum absolute atomic E-state index is 0.133. The van der Waals surface area contributed by atoms with Crippen LogP contribution in [0.4, 0.5) is 5.69 Å². The van der Waals surface area contributed by atoms with Crippen LogP contribution in [-0.2, 0) is 16.6 Å². The summed E-state index contributed by atoms with van der Waals surface area (Å²) >= 11 is 0. The molecule has 19 heavy (non-hydrogen) atoms. The lowest BCUT2D eigenvalue weighted by molar-refractivity contribution is 0.417. The van der Waals surface area contributed by atoms with Gasteiger partial charge in [0.15, 0.2) is 0 Å². The van der Waals surface area contributed by atoms with Crippen molar-refractivity contribution < 1.29 is 12.8 Å². The molecule has 0 radical (unpaired) electrons. The minimum atomic E-state index is -3.70. The van der Waals surface area contributed by atoms with Crippen molar-refractivity contribution in [2.24, 2.45) is 5.73 Å². The molecule has 102 valence electrons. The third-order valence-corrected chi connectivity index (χ3v) is 4.12. The van der Waals surface area contributed by atoms with Gasteiger partial charge in [0, 0.05) is 5.69 Å². The lowest BCUT2D eigenvalue weighted by atomic mass is 10.1. The summed E-state index contributed by atoms with van der Waals surface area (Å²) in [5, 5.41) is -0.133. The first-order valence-corrected chi connectivity index (χ1v) is 7.29. The van der Waals surface area contributed by atoms with Crippen molar-refractivity contribution in [2.45, 2.75) is 25.5 Å². The highest BCUT2D eigenvalue weighted by Gasteiger charge is 2.18. The lowest BCUT2D eigenvalue weighted by Crippen LogP contribution is -2.12. The maximum Gasteiger partial charge on any atom is 0.295 e. The number of hydrogen-bond donors (Lipinski definition) is 2. The maximum atomic E-state index is 12.1. The molecule has 0 aliphatic heterocycles. The fourth-order valence-electron chi connectivity index (χ4n) is 1.62. The average Bonchev–Trinajstić information content (AvgIpc) is 2.83. The van der Waals surface area contributed by atoms with Crippen LogP contribution in [0.5, 0.6) is 0 Å². The second-order valence-electron chi connectivity index (χ2n) is 4.33. The molecule has 0 saturated carbocycles. The Morgan fingerprint density at radius 1 is 1.16 bits per heavy atom. The van der Waals surface area contributed by atoms with E-state index in [1.165, 1.54) is 6.07 Å². The van der Waals surface area contributed by atoms with E-state index in [0.717, 1.165) is 11.1 Å². The molecule has 2 rings (SSSR count). The van der Waals surface area contributed by atoms with Crippen LogP contribution in [0.1, 0.15) is 16.9 Å². The molecule has 0 fully saturated rings. The third-order valence-electron chi connectivity index (χ3n) is 2.86. The number of nitrogens with two attached hydrogens (primary N) is 1. The predicted octanol–water partition coefficient (Wildman–Crippen LogP) is 2.16. The summed E-state index contributed by atoms with van der Waals surface area (Å²) in [5.74, 6) is 0.431. The maximum absolute atomic E-state index is 12.1. The van der Waals surface area contributed by atoms with Gasteiger partial charge in [-0.3, -0.25) is 4.72 Å². The highest BCUT2D eigenvalue weighted by atomic mass is 32.2. The molecule has 0 aliphatic rings. The molecule has 0 aliphatic carbocycles. The van der Waals surface area contributed by atoms with Gasteiger partial charge in [-0.1, -0.05) is 6.07 Å². The summed E-state index contributed by atoms with van der Waals surface area (Å²) in [6.45, 7) is 4.05. The van der Waals surface area contributed by atoms with Crippen molar-refractivity contribution in [3.05, 3.63) is 47.2 Å². The molecule has 6 heteroatoms. The van der Waals surface area contributed by atoms with E-state index in [1.54, 1.807) is 18.2 Å². The SMILES string of the molecule is Cc1ccc(NS(=O)(=O)c2ccc(CN)o2)cc1C. The molecular weight excluding hydrogens is 264 g/mol. The van der Waals surface area contributed by atoms with Gasteiger partial charge in [0.1, 0.15) is 5.76 Å². The Labute approximate surface area is 112 Å². The van der Waals surface area contributed by atoms with Gasteiger partial charge in [-0.15, -0.1) is 0 Å². The fraction of sp³-hybridized carbons (Fsp3) is 0.231. The normalized spacial score (nSPS) is 11.5. The van der Waals surface area contributed by atoms with E-state index in [2.05, 4.69) is 4.72 Å². The van der Waals surface area contributed by atoms with Gasteiger partial charge in [0.2, 0.25) is 5.09 Å². The number of anilines is 1. The monoisotopic (exact) mass is 280 g/mol. The van der Waals surface area contributed by atoms with Gasteiger partial charge in [0.25, 0.3) is 10.0 Å². The molecule has 5 nitrogen and oxygen atoms in total. The second kappa shape index (κ2) is 5.07. The van der Waals surface area contributed by atoms with E-state index < -0.39 is 10.0 Å². The van der Waals surface area contributed by atoms with Gasteiger partial charge >= 0.3 is 0 Å². The molecule has 3 N–H and O–H groups in total. The van der Waals surface area contributed by atoms with E-state index in [1.807, 2.05) is 19.9 Å². The fourth-order valence-corrected chi connectivity index (χ4v) is 2.62. The Balaban J connectivity index is 2.28. The van der Waals surface area contributed by atoms with Gasteiger partial charge in [-0.25, -0.2) is 0 Å². The van der Waals surface area contributed by atoms with Crippen molar-refractivity contribution in [1.29, 1.82) is 0 Å². The average molecular weight is 280 g/mol. The summed E-state index contributed by atoms with van der Waals surface area (Å²) in [6.07, 6.45) is 0. The molecule has 0 amide bonds. The summed E-state index contributed by atoms with van der Waals surface area (Å²) < 4.78 is 31.8. The zero-order valence-electron chi connectivity index (χ0n) is 10.8. The van der Waals surface area contributed by atoms with Crippen LogP contribution in [0.25, 0.3) is 0 Å². The number of sulfonamides is 1. The van der Waals surface area contributed by atoms with Gasteiger partial charge in [-0.2, -0.15) is 8.42 Å². The van der Waals surface area contributed by atoms with Crippen LogP contribution in [0.15, 0.2) is 39.8 Å². The van der Waals surface area contributed by atoms with Crippen LogP contribution >= 0.6 is 0 Å². The largest absolute Gasteiger partial charge is 0.446 e. The summed E-state index contributed by atoms with van der Waals surface area (Å²) in [5.41, 5.74) is 8.01. The second-order valence-corrected chi connectivity index (χ2v) is 5.94. The topological polar surface area (TPSA) is 85.3 Å². The molecule has 1 heterocycles. The Morgan fingerprint density at radius 3 is 2.47 bits per heavy atom. The highest BCUT2D eigenvalue weighted by Crippen LogP contribution is 2.20. The van der Waals surface area contributed by atoms with Crippen molar-refractivity contribution >= 4 is 15.7 Å². The van der Waals surface area contributed by atoms with E-state index in [9.17, 15) is 8.42 Å². The van der Waals surface area contributed by atoms with E-state index in [0.29, 0.717) is 11.4 Å². The Bertz CT molecular complexity index is 690. The van der Waals surface area contributed by atoms with Crippen LogP contribution in [-0.4, -0.2) is 8.42 Å². The first-order valence-electron chi connectivity index (χ1n) is 5.81. The van der Waals surface area contributed by atoms with E-state index in [4.69, 9.17) is 10.2 Å². The molecule has 2 aromatic rings. The quantitative estimate of drug-likeness (QED) is 0.898. The third kappa shape index (κ3) is 2.97. The van der Waals surface area contributed by atoms with Gasteiger partial charge in [0.05, 0.1) is 6.54 Å². The standard InChI is InChI=1S/C13H16N2O3S/c1-9-3-4-11(7-10(9)2)15-19(16,17)13-6-5-12(8-14)18-13/h3-7,15H,8,14H2,1-2H3. The van der Waals surface area contributed by atoms with Crippen LogP contribution in [0.3, 0.4) is 0 Å². The molecule has 0 bridgehead atoms. The number of rotatable bonds is 4. The molecule has 0 saturated heterocycles. The minimum Gasteiger partial charge on any atom is -0.446 e. The van der Waals surface area contributed by atoms with E-state index >= 15 is 0 Å². The summed E-state index contributed by atoms with van der Waals surface area (Å²) in [6, 6.07) is 8.30. The molecule has 0 atom stereocenters. The summed E-state index contributed by atoms with van der Waals surface area (Å²) in [4.78, 5) is 0. The Morgan fingerprint density at radius 2 is 1.89 bits per heavy atom. The highest BCUT2D eigenvalue weighted by molar-refractivity contribution is 7.92. The van der Waals surface area contributed by atoms with Crippen LogP contribution < -0.4 is 10.5 Å². The number of furan rings is 1. The molecule has 1 aromatic carbocycles. The predicted molar refractivity (Wildman–Crippen MR) is 73.3 cm³/mol. The van der Waals surface area contributed by atoms with Gasteiger partial charge in [-0.05, 0) is 49.2 Å². The molecular formula is C13H16N2O3S. The first kappa shape index (κ1) is 13.6. The number of hydrogen-bond acceptors (Lipinski definition) is 4. The van der Waals surface area contributed by atoms with Crippen molar-refractivity contribution in [2.75, 3.05) is 4.72 Å². The summed E-state index contributed by atoms with van der Waals surface area (Å²) in [7, 11) is -3.70. The lowest BCUT2D eigenvalue weighted by Gasteiger charge is -2.08. The van der Waals surface area contributed by atoms with Crippen molar-refractivity contribution in [3.63, 3.8) is 0 Å². The number of benzene rings is 1. The van der Waals surface area contributed by atoms with Crippen LogP contribution in [0, 0.1) is 13.8 Å². The Hall–Kier alpha value is -1.79. The molecule has 0 spiro atoms. The zero-order valence-corrected chi connectivity index (χ0v) is 11.6. The smallest absolute Gasteiger partial charge is 0.295 e. The number of aryl methyl sites for hydroxylation is 2.